The van der Waals surface area contributed by atoms with Crippen molar-refractivity contribution in [3.8, 4) is 0 Å². The molecule has 2 aliphatic heterocycles. The number of carbonyl (C=O) groups is 2. The summed E-state index contributed by atoms with van der Waals surface area (Å²) in [6.45, 7) is 6.94. The summed E-state index contributed by atoms with van der Waals surface area (Å²) in [4.78, 5) is 30.3. The summed E-state index contributed by atoms with van der Waals surface area (Å²) < 4.78 is 1.80. The number of hydrogen-bond donors (Lipinski definition) is 2. The molecule has 2 fully saturated rings. The molecule has 10 nitrogen and oxygen atoms in total. The SMILES string of the molecule is CCNC(=O)[C@@H]1C[C@@H](n2cc(CN(C)C(=O)N3CCN(C)CC3)nn2)CN1. The zero-order chi connectivity index (χ0) is 19.4. The van der Waals surface area contributed by atoms with Crippen LogP contribution in [-0.4, -0.2) is 101 Å². The second-order valence-corrected chi connectivity index (χ2v) is 7.36. The quantitative estimate of drug-likeness (QED) is 0.690. The molecule has 3 heterocycles. The van der Waals surface area contributed by atoms with Gasteiger partial charge in [-0.3, -0.25) is 4.79 Å². The fraction of sp³-hybridized carbons (Fsp3) is 0.765. The van der Waals surface area contributed by atoms with E-state index in [9.17, 15) is 9.59 Å². The van der Waals surface area contributed by atoms with Gasteiger partial charge in [0.25, 0.3) is 0 Å². The number of nitrogens with one attached hydrogen (secondary N) is 2. The molecule has 0 spiro atoms. The standard InChI is InChI=1S/C17H30N8O2/c1-4-18-16(26)15-9-14(10-19-15)25-12-13(20-21-25)11-23(3)17(27)24-7-5-22(2)6-8-24/h12,14-15,19H,4-11H2,1-3H3,(H,18,26)/t14-,15+/m1/s1. The van der Waals surface area contributed by atoms with Crippen molar-refractivity contribution in [1.82, 2.24) is 40.3 Å². The molecule has 2 atom stereocenters. The topological polar surface area (TPSA) is 98.6 Å². The first-order valence-corrected chi connectivity index (χ1v) is 9.58. The summed E-state index contributed by atoms with van der Waals surface area (Å²) >= 11 is 0. The zero-order valence-electron chi connectivity index (χ0n) is 16.4. The Kier molecular flexibility index (Phi) is 6.27. The number of piperazine rings is 1. The molecule has 0 aromatic carbocycles. The third-order valence-corrected chi connectivity index (χ3v) is 5.21. The first-order chi connectivity index (χ1) is 13.0. The predicted molar refractivity (Wildman–Crippen MR) is 100 cm³/mol. The Morgan fingerprint density at radius 2 is 2.07 bits per heavy atom. The number of aromatic nitrogens is 3. The van der Waals surface area contributed by atoms with Crippen molar-refractivity contribution < 1.29 is 9.59 Å². The second kappa shape index (κ2) is 8.66. The summed E-state index contributed by atoms with van der Waals surface area (Å²) in [5, 5.41) is 14.5. The Balaban J connectivity index is 1.52. The summed E-state index contributed by atoms with van der Waals surface area (Å²) in [7, 11) is 3.86. The normalized spacial score (nSPS) is 23.4. The second-order valence-electron chi connectivity index (χ2n) is 7.36. The Morgan fingerprint density at radius 1 is 1.33 bits per heavy atom. The van der Waals surface area contributed by atoms with Gasteiger partial charge in [-0.25, -0.2) is 9.48 Å². The highest BCUT2D eigenvalue weighted by molar-refractivity contribution is 5.82. The van der Waals surface area contributed by atoms with Crippen molar-refractivity contribution >= 4 is 11.9 Å². The van der Waals surface area contributed by atoms with Gasteiger partial charge in [0.2, 0.25) is 5.91 Å². The van der Waals surface area contributed by atoms with E-state index < -0.39 is 0 Å². The van der Waals surface area contributed by atoms with Crippen LogP contribution < -0.4 is 10.6 Å². The number of nitrogens with zero attached hydrogens (tertiary/aromatic N) is 6. The highest BCUT2D eigenvalue weighted by Crippen LogP contribution is 2.19. The van der Waals surface area contributed by atoms with Crippen LogP contribution in [-0.2, 0) is 11.3 Å². The maximum atomic E-state index is 12.6. The van der Waals surface area contributed by atoms with E-state index in [0.29, 0.717) is 26.1 Å². The minimum absolute atomic E-state index is 0.0245. The summed E-state index contributed by atoms with van der Waals surface area (Å²) in [6.07, 6.45) is 2.56. The molecule has 0 aliphatic carbocycles. The number of amides is 3. The van der Waals surface area contributed by atoms with Crippen molar-refractivity contribution in [3.63, 3.8) is 0 Å². The van der Waals surface area contributed by atoms with Crippen LogP contribution in [0.4, 0.5) is 4.79 Å². The lowest BCUT2D eigenvalue weighted by Gasteiger charge is -2.34. The number of rotatable bonds is 5. The molecule has 1 aromatic heterocycles. The van der Waals surface area contributed by atoms with E-state index in [1.807, 2.05) is 18.0 Å². The van der Waals surface area contributed by atoms with E-state index in [2.05, 4.69) is 32.9 Å². The third-order valence-electron chi connectivity index (χ3n) is 5.21. The van der Waals surface area contributed by atoms with E-state index in [1.54, 1.807) is 16.6 Å². The summed E-state index contributed by atoms with van der Waals surface area (Å²) in [5.74, 6) is 0.0258. The zero-order valence-corrected chi connectivity index (χ0v) is 16.4. The van der Waals surface area contributed by atoms with Crippen molar-refractivity contribution in [3.05, 3.63) is 11.9 Å². The molecule has 0 saturated carbocycles. The number of carbonyl (C=O) groups excluding carboxylic acids is 2. The molecule has 0 bridgehead atoms. The van der Waals surface area contributed by atoms with Crippen LogP contribution >= 0.6 is 0 Å². The third kappa shape index (κ3) is 4.75. The molecular formula is C17H30N8O2. The van der Waals surface area contributed by atoms with E-state index in [1.165, 1.54) is 0 Å². The van der Waals surface area contributed by atoms with Crippen molar-refractivity contribution in [2.75, 3.05) is 53.4 Å². The van der Waals surface area contributed by atoms with Gasteiger partial charge in [-0.05, 0) is 20.4 Å². The van der Waals surface area contributed by atoms with Gasteiger partial charge in [0.1, 0.15) is 5.69 Å². The maximum absolute atomic E-state index is 12.6. The highest BCUT2D eigenvalue weighted by atomic mass is 16.2. The Labute approximate surface area is 159 Å². The molecule has 2 saturated heterocycles. The van der Waals surface area contributed by atoms with Crippen molar-refractivity contribution in [2.45, 2.75) is 32.0 Å². The first-order valence-electron chi connectivity index (χ1n) is 9.58. The molecule has 0 unspecified atom stereocenters. The molecule has 150 valence electrons. The molecular weight excluding hydrogens is 348 g/mol. The van der Waals surface area contributed by atoms with Crippen LogP contribution in [0.25, 0.3) is 0 Å². The van der Waals surface area contributed by atoms with Crippen LogP contribution in [0.5, 0.6) is 0 Å². The van der Waals surface area contributed by atoms with E-state index >= 15 is 0 Å². The Morgan fingerprint density at radius 3 is 2.78 bits per heavy atom. The predicted octanol–water partition coefficient (Wildman–Crippen LogP) is -0.884. The minimum Gasteiger partial charge on any atom is -0.355 e. The van der Waals surface area contributed by atoms with Gasteiger partial charge in [-0.2, -0.15) is 0 Å². The molecule has 3 amide bonds. The lowest BCUT2D eigenvalue weighted by molar-refractivity contribution is -0.122. The first kappa shape index (κ1) is 19.6. The summed E-state index contributed by atoms with van der Waals surface area (Å²) in [6, 6.07) is -0.0712. The monoisotopic (exact) mass is 378 g/mol. The van der Waals surface area contributed by atoms with Crippen LogP contribution in [0.3, 0.4) is 0 Å². The lowest BCUT2D eigenvalue weighted by Crippen LogP contribution is -2.50. The molecule has 27 heavy (non-hydrogen) atoms. The Bertz CT molecular complexity index is 655. The number of hydrogen-bond acceptors (Lipinski definition) is 6. The minimum atomic E-state index is -0.191. The van der Waals surface area contributed by atoms with Crippen LogP contribution in [0.2, 0.25) is 0 Å². The van der Waals surface area contributed by atoms with E-state index in [4.69, 9.17) is 0 Å². The molecule has 1 aromatic rings. The average Bonchev–Trinajstić information content (AvgIpc) is 3.31. The molecule has 10 heteroatoms. The van der Waals surface area contributed by atoms with E-state index in [-0.39, 0.29) is 24.0 Å². The van der Waals surface area contributed by atoms with Crippen LogP contribution in [0.1, 0.15) is 25.1 Å². The van der Waals surface area contributed by atoms with Gasteiger partial charge >= 0.3 is 6.03 Å². The van der Waals surface area contributed by atoms with Gasteiger partial charge in [-0.1, -0.05) is 5.21 Å². The van der Waals surface area contributed by atoms with Gasteiger partial charge in [0, 0.05) is 46.3 Å². The number of likely N-dealkylation sites (N-methyl/N-ethyl adjacent to an activating group) is 2. The molecule has 0 radical (unpaired) electrons. The fourth-order valence-electron chi connectivity index (χ4n) is 3.53. The lowest BCUT2D eigenvalue weighted by atomic mass is 10.1. The molecule has 2 aliphatic rings. The van der Waals surface area contributed by atoms with Crippen LogP contribution in [0, 0.1) is 0 Å². The smallest absolute Gasteiger partial charge is 0.320 e. The Hall–Kier alpha value is -2.20. The highest BCUT2D eigenvalue weighted by Gasteiger charge is 2.31. The van der Waals surface area contributed by atoms with Crippen molar-refractivity contribution in [1.29, 1.82) is 0 Å². The largest absolute Gasteiger partial charge is 0.355 e. The van der Waals surface area contributed by atoms with Gasteiger partial charge in [0.05, 0.1) is 24.8 Å². The molecule has 2 N–H and O–H groups in total. The van der Waals surface area contributed by atoms with Gasteiger partial charge < -0.3 is 25.3 Å². The average molecular weight is 378 g/mol. The fourth-order valence-corrected chi connectivity index (χ4v) is 3.53. The maximum Gasteiger partial charge on any atom is 0.320 e. The van der Waals surface area contributed by atoms with E-state index in [0.717, 1.165) is 31.9 Å². The van der Waals surface area contributed by atoms with Gasteiger partial charge in [-0.15, -0.1) is 5.10 Å². The molecule has 3 rings (SSSR count). The van der Waals surface area contributed by atoms with Crippen LogP contribution in [0.15, 0.2) is 6.20 Å². The van der Waals surface area contributed by atoms with Gasteiger partial charge in [0.15, 0.2) is 0 Å². The van der Waals surface area contributed by atoms with Crippen molar-refractivity contribution in [2.24, 2.45) is 0 Å². The summed E-state index contributed by atoms with van der Waals surface area (Å²) in [5.41, 5.74) is 0.751. The number of urea groups is 1.